The molecule has 0 radical (unpaired) electrons. The maximum absolute atomic E-state index is 5.77. The zero-order chi connectivity index (χ0) is 8.55. The summed E-state index contributed by atoms with van der Waals surface area (Å²) in [6.07, 6.45) is 1.08. The molecular weight excluding hydrogens is 147 g/mol. The molecule has 0 aromatic heterocycles. The largest absolute Gasteiger partial charge is 0.560 e. The van der Waals surface area contributed by atoms with E-state index in [9.17, 15) is 0 Å². The van der Waals surface area contributed by atoms with E-state index in [1.54, 1.807) is 0 Å². The molecule has 1 nitrogen and oxygen atoms in total. The van der Waals surface area contributed by atoms with Gasteiger partial charge in [-0.05, 0) is 23.8 Å². The number of fused-ring (bicyclic) bond motifs is 1. The highest BCUT2D eigenvalue weighted by Gasteiger charge is 2.29. The quantitative estimate of drug-likeness (QED) is 0.573. The fourth-order valence-electron chi connectivity index (χ4n) is 1.58. The van der Waals surface area contributed by atoms with Gasteiger partial charge < -0.3 is 4.65 Å². The molecule has 62 valence electrons. The molecular formula is C10H13BO. The fourth-order valence-corrected chi connectivity index (χ4v) is 1.58. The number of para-hydroxylation sites is 1. The van der Waals surface area contributed by atoms with E-state index in [4.69, 9.17) is 4.65 Å². The average Bonchev–Trinajstić information content (AvgIpc) is 2.46. The smallest absolute Gasteiger partial charge is 0.364 e. The first kappa shape index (κ1) is 7.72. The maximum atomic E-state index is 5.77. The fraction of sp³-hybridized carbons (Fsp3) is 0.400. The van der Waals surface area contributed by atoms with E-state index in [1.165, 1.54) is 5.56 Å². The first-order chi connectivity index (χ1) is 5.77. The summed E-state index contributed by atoms with van der Waals surface area (Å²) in [5, 5.41) is 0. The third kappa shape index (κ3) is 1.22. The van der Waals surface area contributed by atoms with Gasteiger partial charge in [-0.25, -0.2) is 0 Å². The maximum Gasteiger partial charge on any atom is 0.364 e. The van der Waals surface area contributed by atoms with Crippen molar-refractivity contribution in [1.29, 1.82) is 0 Å². The molecule has 0 unspecified atom stereocenters. The molecule has 1 aliphatic heterocycles. The molecule has 0 amide bonds. The van der Waals surface area contributed by atoms with Crippen LogP contribution in [0, 0.1) is 0 Å². The summed E-state index contributed by atoms with van der Waals surface area (Å²) in [6, 6.07) is 8.31. The van der Waals surface area contributed by atoms with Gasteiger partial charge in [0.05, 0.1) is 0 Å². The molecule has 1 aliphatic rings. The molecule has 0 saturated heterocycles. The zero-order valence-electron chi connectivity index (χ0n) is 7.58. The van der Waals surface area contributed by atoms with Gasteiger partial charge in [0.25, 0.3) is 0 Å². The Morgan fingerprint density at radius 1 is 1.33 bits per heavy atom. The SMILES string of the molecule is CC(C)B1Cc2ccccc2O1. The van der Waals surface area contributed by atoms with Crippen LogP contribution in [-0.4, -0.2) is 6.92 Å². The molecule has 1 heterocycles. The predicted octanol–water partition coefficient (Wildman–Crippen LogP) is 2.56. The van der Waals surface area contributed by atoms with Crippen molar-refractivity contribution >= 4 is 6.92 Å². The van der Waals surface area contributed by atoms with Gasteiger partial charge in [0.1, 0.15) is 5.75 Å². The summed E-state index contributed by atoms with van der Waals surface area (Å²) in [5.41, 5.74) is 1.36. The highest BCUT2D eigenvalue weighted by Crippen LogP contribution is 2.30. The Balaban J connectivity index is 2.22. The van der Waals surface area contributed by atoms with E-state index in [2.05, 4.69) is 32.0 Å². The van der Waals surface area contributed by atoms with E-state index >= 15 is 0 Å². The Labute approximate surface area is 73.9 Å². The molecule has 0 fully saturated rings. The van der Waals surface area contributed by atoms with Gasteiger partial charge in [-0.2, -0.15) is 0 Å². The number of hydrogen-bond donors (Lipinski definition) is 0. The number of hydrogen-bond acceptors (Lipinski definition) is 1. The average molecular weight is 160 g/mol. The Bertz CT molecular complexity index is 258. The van der Waals surface area contributed by atoms with Crippen molar-refractivity contribution in [2.45, 2.75) is 26.0 Å². The molecule has 1 aromatic rings. The van der Waals surface area contributed by atoms with Crippen molar-refractivity contribution in [3.63, 3.8) is 0 Å². The number of rotatable bonds is 1. The van der Waals surface area contributed by atoms with Crippen molar-refractivity contribution in [2.75, 3.05) is 0 Å². The topological polar surface area (TPSA) is 9.23 Å². The minimum Gasteiger partial charge on any atom is -0.560 e. The van der Waals surface area contributed by atoms with Crippen LogP contribution in [-0.2, 0) is 6.32 Å². The van der Waals surface area contributed by atoms with Gasteiger partial charge in [-0.3, -0.25) is 0 Å². The lowest BCUT2D eigenvalue weighted by Crippen LogP contribution is -2.22. The third-order valence-corrected chi connectivity index (χ3v) is 2.42. The van der Waals surface area contributed by atoms with Gasteiger partial charge in [0.15, 0.2) is 0 Å². The predicted molar refractivity (Wildman–Crippen MR) is 51.6 cm³/mol. The van der Waals surface area contributed by atoms with E-state index in [1.807, 2.05) is 6.07 Å². The van der Waals surface area contributed by atoms with Gasteiger partial charge in [-0.15, -0.1) is 0 Å². The second kappa shape index (κ2) is 2.85. The molecule has 2 heteroatoms. The van der Waals surface area contributed by atoms with Crippen LogP contribution in [0.15, 0.2) is 24.3 Å². The first-order valence-electron chi connectivity index (χ1n) is 4.52. The number of benzene rings is 1. The van der Waals surface area contributed by atoms with E-state index in [0.29, 0.717) is 12.7 Å². The van der Waals surface area contributed by atoms with E-state index < -0.39 is 0 Å². The summed E-state index contributed by atoms with van der Waals surface area (Å²) in [5.74, 6) is 1.69. The molecule has 0 atom stereocenters. The van der Waals surface area contributed by atoms with Gasteiger partial charge in [-0.1, -0.05) is 32.0 Å². The second-order valence-corrected chi connectivity index (χ2v) is 3.71. The van der Waals surface area contributed by atoms with E-state index in [-0.39, 0.29) is 0 Å². The van der Waals surface area contributed by atoms with Crippen LogP contribution in [0.4, 0.5) is 0 Å². The Morgan fingerprint density at radius 2 is 2.08 bits per heavy atom. The van der Waals surface area contributed by atoms with Crippen LogP contribution in [0.1, 0.15) is 19.4 Å². The summed E-state index contributed by atoms with van der Waals surface area (Å²) in [7, 11) is 0. The normalized spacial score (nSPS) is 14.8. The monoisotopic (exact) mass is 160 g/mol. The highest BCUT2D eigenvalue weighted by molar-refractivity contribution is 6.55. The standard InChI is InChI=1S/C10H13BO/c1-8(2)11-7-9-5-3-4-6-10(9)12-11/h3-6,8H,7H2,1-2H3. The molecule has 0 aliphatic carbocycles. The molecule has 0 N–H and O–H groups in total. The van der Waals surface area contributed by atoms with Crippen LogP contribution in [0.25, 0.3) is 0 Å². The van der Waals surface area contributed by atoms with Crippen LogP contribution in [0.3, 0.4) is 0 Å². The van der Waals surface area contributed by atoms with Crippen molar-refractivity contribution in [1.82, 2.24) is 0 Å². The van der Waals surface area contributed by atoms with Crippen molar-refractivity contribution in [2.24, 2.45) is 0 Å². The summed E-state index contributed by atoms with van der Waals surface area (Å²) in [6.45, 7) is 4.80. The molecule has 12 heavy (non-hydrogen) atoms. The Kier molecular flexibility index (Phi) is 1.83. The molecule has 1 aromatic carbocycles. The Morgan fingerprint density at radius 3 is 2.75 bits per heavy atom. The third-order valence-electron chi connectivity index (χ3n) is 2.42. The lowest BCUT2D eigenvalue weighted by atomic mass is 9.55. The van der Waals surface area contributed by atoms with Gasteiger partial charge >= 0.3 is 6.92 Å². The van der Waals surface area contributed by atoms with Crippen molar-refractivity contribution in [3.8, 4) is 5.75 Å². The molecule has 0 bridgehead atoms. The van der Waals surface area contributed by atoms with Crippen LogP contribution >= 0.6 is 0 Å². The zero-order valence-corrected chi connectivity index (χ0v) is 7.58. The molecule has 2 rings (SSSR count). The Hall–Kier alpha value is -0.915. The van der Waals surface area contributed by atoms with E-state index in [0.717, 1.165) is 12.1 Å². The van der Waals surface area contributed by atoms with Crippen LogP contribution in [0.2, 0.25) is 5.82 Å². The van der Waals surface area contributed by atoms with Gasteiger partial charge in [0.2, 0.25) is 0 Å². The minimum absolute atomic E-state index is 0.391. The summed E-state index contributed by atoms with van der Waals surface area (Å²) in [4.78, 5) is 0. The van der Waals surface area contributed by atoms with Crippen LogP contribution < -0.4 is 4.65 Å². The first-order valence-corrected chi connectivity index (χ1v) is 4.52. The molecule has 0 saturated carbocycles. The minimum atomic E-state index is 0.391. The van der Waals surface area contributed by atoms with Gasteiger partial charge in [0, 0.05) is 0 Å². The second-order valence-electron chi connectivity index (χ2n) is 3.71. The summed E-state index contributed by atoms with van der Waals surface area (Å²) >= 11 is 0. The molecule has 0 spiro atoms. The van der Waals surface area contributed by atoms with Crippen LogP contribution in [0.5, 0.6) is 5.75 Å². The van der Waals surface area contributed by atoms with Crippen molar-refractivity contribution < 1.29 is 4.65 Å². The lowest BCUT2D eigenvalue weighted by Gasteiger charge is -2.09. The summed E-state index contributed by atoms with van der Waals surface area (Å²) < 4.78 is 5.77. The highest BCUT2D eigenvalue weighted by atomic mass is 16.4. The van der Waals surface area contributed by atoms with Crippen molar-refractivity contribution in [3.05, 3.63) is 29.8 Å². The lowest BCUT2D eigenvalue weighted by molar-refractivity contribution is 0.574.